The van der Waals surface area contributed by atoms with Gasteiger partial charge in [0.25, 0.3) is 0 Å². The number of carbonyl (C=O) groups excluding carboxylic acids is 1. The van der Waals surface area contributed by atoms with Crippen LogP contribution in [0.15, 0.2) is 24.4 Å². The zero-order valence-corrected chi connectivity index (χ0v) is 12.6. The molecule has 4 nitrogen and oxygen atoms in total. The fourth-order valence-electron chi connectivity index (χ4n) is 1.68. The summed E-state index contributed by atoms with van der Waals surface area (Å²) in [6.45, 7) is 5.46. The van der Waals surface area contributed by atoms with Crippen molar-refractivity contribution >= 4 is 39.6 Å². The van der Waals surface area contributed by atoms with Crippen LogP contribution in [-0.4, -0.2) is 21.4 Å². The average molecular weight is 359 g/mol. The van der Waals surface area contributed by atoms with Crippen molar-refractivity contribution < 1.29 is 14.6 Å². The van der Waals surface area contributed by atoms with Crippen LogP contribution < -0.4 is 0 Å². The molecular formula is C13H14INO3. The number of rotatable bonds is 0. The zero-order valence-electron chi connectivity index (χ0n) is 10.4. The number of carbonyl (C=O) groups is 1. The van der Waals surface area contributed by atoms with Gasteiger partial charge in [-0.1, -0.05) is 6.07 Å². The van der Waals surface area contributed by atoms with Crippen LogP contribution in [0.1, 0.15) is 20.8 Å². The molecule has 1 aromatic heterocycles. The molecule has 1 aromatic carbocycles. The molecule has 0 amide bonds. The highest BCUT2D eigenvalue weighted by Gasteiger charge is 2.21. The SMILES string of the molecule is CC(C)(C)OC(=O)n1cc(I)c2c(O)cccc21. The van der Waals surface area contributed by atoms with E-state index in [1.54, 1.807) is 24.4 Å². The van der Waals surface area contributed by atoms with Crippen LogP contribution in [0.3, 0.4) is 0 Å². The average Bonchev–Trinajstić information content (AvgIpc) is 2.55. The van der Waals surface area contributed by atoms with Crippen molar-refractivity contribution in [1.82, 2.24) is 4.57 Å². The number of hydrogen-bond donors (Lipinski definition) is 1. The molecule has 0 spiro atoms. The third-order valence-corrected chi connectivity index (χ3v) is 3.17. The maximum atomic E-state index is 12.1. The molecule has 96 valence electrons. The number of phenols is 1. The van der Waals surface area contributed by atoms with Gasteiger partial charge < -0.3 is 9.84 Å². The summed E-state index contributed by atoms with van der Waals surface area (Å²) in [4.78, 5) is 12.1. The fraction of sp³-hybridized carbons (Fsp3) is 0.308. The molecule has 0 unspecified atom stereocenters. The van der Waals surface area contributed by atoms with E-state index in [0.29, 0.717) is 10.9 Å². The molecular weight excluding hydrogens is 345 g/mol. The normalized spacial score (nSPS) is 11.8. The van der Waals surface area contributed by atoms with Gasteiger partial charge in [0.2, 0.25) is 0 Å². The molecule has 1 heterocycles. The molecule has 0 saturated heterocycles. The molecule has 5 heteroatoms. The maximum absolute atomic E-state index is 12.1. The Morgan fingerprint density at radius 3 is 2.67 bits per heavy atom. The van der Waals surface area contributed by atoms with E-state index in [1.165, 1.54) is 4.57 Å². The van der Waals surface area contributed by atoms with Crippen molar-refractivity contribution in [1.29, 1.82) is 0 Å². The second-order valence-electron chi connectivity index (χ2n) is 5.00. The van der Waals surface area contributed by atoms with Crippen LogP contribution in [0.5, 0.6) is 5.75 Å². The Hall–Kier alpha value is -1.24. The number of ether oxygens (including phenoxy) is 1. The Bertz CT molecular complexity index is 610. The molecule has 0 aliphatic carbocycles. The molecule has 0 bridgehead atoms. The highest BCUT2D eigenvalue weighted by Crippen LogP contribution is 2.31. The second kappa shape index (κ2) is 4.46. The Balaban J connectivity index is 2.53. The number of halogens is 1. The van der Waals surface area contributed by atoms with Crippen LogP contribution in [0.25, 0.3) is 10.9 Å². The number of nitrogens with zero attached hydrogens (tertiary/aromatic N) is 1. The first kappa shape index (κ1) is 13.2. The van der Waals surface area contributed by atoms with Crippen LogP contribution in [0.4, 0.5) is 4.79 Å². The molecule has 18 heavy (non-hydrogen) atoms. The van der Waals surface area contributed by atoms with E-state index in [2.05, 4.69) is 22.6 Å². The molecule has 0 atom stereocenters. The van der Waals surface area contributed by atoms with E-state index in [-0.39, 0.29) is 5.75 Å². The van der Waals surface area contributed by atoms with Gasteiger partial charge in [-0.2, -0.15) is 0 Å². The lowest BCUT2D eigenvalue weighted by Crippen LogP contribution is -2.26. The van der Waals surface area contributed by atoms with E-state index in [9.17, 15) is 9.90 Å². The molecule has 0 radical (unpaired) electrons. The van der Waals surface area contributed by atoms with Crippen molar-refractivity contribution in [2.24, 2.45) is 0 Å². The summed E-state index contributed by atoms with van der Waals surface area (Å²) < 4.78 is 7.55. The Morgan fingerprint density at radius 1 is 1.39 bits per heavy atom. The van der Waals surface area contributed by atoms with Gasteiger partial charge >= 0.3 is 6.09 Å². The van der Waals surface area contributed by atoms with E-state index >= 15 is 0 Å². The molecule has 2 rings (SSSR count). The second-order valence-corrected chi connectivity index (χ2v) is 6.16. The Labute approximate surface area is 119 Å². The predicted molar refractivity (Wildman–Crippen MR) is 78.0 cm³/mol. The molecule has 0 fully saturated rings. The molecule has 0 saturated carbocycles. The number of aromatic nitrogens is 1. The van der Waals surface area contributed by atoms with Crippen LogP contribution in [0.2, 0.25) is 0 Å². The summed E-state index contributed by atoms with van der Waals surface area (Å²) >= 11 is 2.09. The zero-order chi connectivity index (χ0) is 13.5. The third kappa shape index (κ3) is 2.45. The molecule has 2 aromatic rings. The van der Waals surface area contributed by atoms with Crippen molar-refractivity contribution in [3.63, 3.8) is 0 Å². The minimum atomic E-state index is -0.546. The lowest BCUT2D eigenvalue weighted by molar-refractivity contribution is 0.0544. The van der Waals surface area contributed by atoms with Crippen molar-refractivity contribution in [3.05, 3.63) is 28.0 Å². The van der Waals surface area contributed by atoms with Gasteiger partial charge in [0, 0.05) is 9.77 Å². The largest absolute Gasteiger partial charge is 0.507 e. The van der Waals surface area contributed by atoms with Crippen LogP contribution in [0, 0.1) is 3.57 Å². The predicted octanol–water partition coefficient (Wildman–Crippen LogP) is 3.73. The van der Waals surface area contributed by atoms with Gasteiger partial charge in [-0.15, -0.1) is 0 Å². The first-order chi connectivity index (χ1) is 8.29. The number of aromatic hydroxyl groups is 1. The highest BCUT2D eigenvalue weighted by atomic mass is 127. The number of hydrogen-bond acceptors (Lipinski definition) is 3. The summed E-state index contributed by atoms with van der Waals surface area (Å²) in [6.07, 6.45) is 1.22. The molecule has 0 aliphatic rings. The lowest BCUT2D eigenvalue weighted by atomic mass is 10.2. The summed E-state index contributed by atoms with van der Waals surface area (Å²) in [5, 5.41) is 10.5. The minimum Gasteiger partial charge on any atom is -0.507 e. The smallest absolute Gasteiger partial charge is 0.419 e. The van der Waals surface area contributed by atoms with Crippen molar-refractivity contribution in [3.8, 4) is 5.75 Å². The third-order valence-electron chi connectivity index (χ3n) is 2.35. The highest BCUT2D eigenvalue weighted by molar-refractivity contribution is 14.1. The molecule has 0 aliphatic heterocycles. The summed E-state index contributed by atoms with van der Waals surface area (Å²) in [7, 11) is 0. The van der Waals surface area contributed by atoms with Gasteiger partial charge in [-0.3, -0.25) is 4.57 Å². The fourth-order valence-corrected chi connectivity index (χ4v) is 2.51. The topological polar surface area (TPSA) is 51.5 Å². The van der Waals surface area contributed by atoms with Crippen LogP contribution in [-0.2, 0) is 4.74 Å². The van der Waals surface area contributed by atoms with E-state index in [0.717, 1.165) is 3.57 Å². The number of benzene rings is 1. The quantitative estimate of drug-likeness (QED) is 0.730. The first-order valence-electron chi connectivity index (χ1n) is 5.51. The molecule has 1 N–H and O–H groups in total. The Morgan fingerprint density at radius 2 is 2.06 bits per heavy atom. The van der Waals surface area contributed by atoms with E-state index in [4.69, 9.17) is 4.74 Å². The van der Waals surface area contributed by atoms with Crippen molar-refractivity contribution in [2.75, 3.05) is 0 Å². The maximum Gasteiger partial charge on any atom is 0.419 e. The van der Waals surface area contributed by atoms with E-state index in [1.807, 2.05) is 20.8 Å². The van der Waals surface area contributed by atoms with Gasteiger partial charge in [-0.05, 0) is 55.5 Å². The summed E-state index contributed by atoms with van der Waals surface area (Å²) in [6, 6.07) is 5.08. The van der Waals surface area contributed by atoms with Gasteiger partial charge in [0.05, 0.1) is 10.9 Å². The lowest BCUT2D eigenvalue weighted by Gasteiger charge is -2.19. The summed E-state index contributed by atoms with van der Waals surface area (Å²) in [5.41, 5.74) is 0.101. The first-order valence-corrected chi connectivity index (χ1v) is 6.59. The van der Waals surface area contributed by atoms with E-state index < -0.39 is 11.7 Å². The van der Waals surface area contributed by atoms with Crippen molar-refractivity contribution in [2.45, 2.75) is 26.4 Å². The standard InChI is InChI=1S/C13H14INO3/c1-13(2,3)18-12(17)15-7-8(14)11-9(15)5-4-6-10(11)16/h4-7,16H,1-3H3. The monoisotopic (exact) mass is 359 g/mol. The van der Waals surface area contributed by atoms with Gasteiger partial charge in [0.15, 0.2) is 0 Å². The van der Waals surface area contributed by atoms with Crippen LogP contribution >= 0.6 is 22.6 Å². The summed E-state index contributed by atoms with van der Waals surface area (Å²) in [5.74, 6) is 0.166. The Kier molecular flexibility index (Phi) is 3.27. The number of fused-ring (bicyclic) bond motifs is 1. The van der Waals surface area contributed by atoms with Gasteiger partial charge in [0.1, 0.15) is 11.4 Å². The van der Waals surface area contributed by atoms with Gasteiger partial charge in [-0.25, -0.2) is 4.79 Å². The minimum absolute atomic E-state index is 0.166. The number of phenolic OH excluding ortho intramolecular Hbond substituents is 1.